The van der Waals surface area contributed by atoms with Crippen molar-refractivity contribution < 1.29 is 0 Å². The number of rotatable bonds is 5. The molecule has 0 aromatic heterocycles. The molecule has 14 heavy (non-hydrogen) atoms. The van der Waals surface area contributed by atoms with Gasteiger partial charge in [0.15, 0.2) is 5.11 Å². The minimum atomic E-state index is 0.134. The third-order valence-electron chi connectivity index (χ3n) is 2.57. The third-order valence-corrected chi connectivity index (χ3v) is 2.86. The van der Waals surface area contributed by atoms with E-state index in [1.165, 1.54) is 0 Å². The highest BCUT2D eigenvalue weighted by atomic mass is 32.1. The fourth-order valence-corrected chi connectivity index (χ4v) is 0.996. The second-order valence-corrected chi connectivity index (χ2v) is 4.67. The van der Waals surface area contributed by atoms with E-state index in [0.717, 1.165) is 6.54 Å². The molecule has 0 aliphatic rings. The summed E-state index contributed by atoms with van der Waals surface area (Å²) in [5.74, 6) is 0.594. The fourth-order valence-electron chi connectivity index (χ4n) is 0.779. The maximum Gasteiger partial charge on any atom is 0.167 e. The molecule has 0 saturated heterocycles. The van der Waals surface area contributed by atoms with Crippen molar-refractivity contribution in [3.8, 4) is 0 Å². The molecular formula is C10H23N3S. The number of hydrogen-bond donors (Lipinski definition) is 3. The third kappa shape index (κ3) is 5.40. The van der Waals surface area contributed by atoms with E-state index in [4.69, 9.17) is 12.2 Å². The lowest BCUT2D eigenvalue weighted by molar-refractivity contribution is 0.287. The van der Waals surface area contributed by atoms with Gasteiger partial charge < -0.3 is 10.6 Å². The Balaban J connectivity index is 3.68. The normalized spacial score (nSPS) is 11.6. The Labute approximate surface area is 93.0 Å². The predicted molar refractivity (Wildman–Crippen MR) is 66.3 cm³/mol. The van der Waals surface area contributed by atoms with Crippen molar-refractivity contribution >= 4 is 17.3 Å². The summed E-state index contributed by atoms with van der Waals surface area (Å²) < 4.78 is 0. The van der Waals surface area contributed by atoms with Crippen LogP contribution in [-0.4, -0.2) is 23.9 Å². The largest absolute Gasteiger partial charge is 0.363 e. The van der Waals surface area contributed by atoms with Crippen molar-refractivity contribution in [3.63, 3.8) is 0 Å². The Morgan fingerprint density at radius 3 is 2.29 bits per heavy atom. The predicted octanol–water partition coefficient (Wildman–Crippen LogP) is 1.45. The van der Waals surface area contributed by atoms with Crippen LogP contribution in [0.15, 0.2) is 0 Å². The van der Waals surface area contributed by atoms with E-state index < -0.39 is 0 Å². The van der Waals surface area contributed by atoms with Crippen LogP contribution in [0.4, 0.5) is 0 Å². The van der Waals surface area contributed by atoms with E-state index in [0.29, 0.717) is 17.7 Å². The molecule has 0 atom stereocenters. The molecule has 0 amide bonds. The summed E-state index contributed by atoms with van der Waals surface area (Å²) in [6, 6.07) is 0. The molecule has 0 bridgehead atoms. The van der Waals surface area contributed by atoms with E-state index in [1.54, 1.807) is 0 Å². The highest BCUT2D eigenvalue weighted by molar-refractivity contribution is 7.80. The van der Waals surface area contributed by atoms with Crippen molar-refractivity contribution in [2.75, 3.05) is 13.2 Å². The van der Waals surface area contributed by atoms with Gasteiger partial charge in [0.1, 0.15) is 0 Å². The summed E-state index contributed by atoms with van der Waals surface area (Å²) in [6.45, 7) is 12.4. The average Bonchev–Trinajstić information content (AvgIpc) is 2.04. The Morgan fingerprint density at radius 1 is 1.29 bits per heavy atom. The first-order chi connectivity index (χ1) is 6.40. The Kier molecular flexibility index (Phi) is 6.04. The Hall–Kier alpha value is -0.350. The van der Waals surface area contributed by atoms with Crippen molar-refractivity contribution in [2.45, 2.75) is 40.2 Å². The van der Waals surface area contributed by atoms with Gasteiger partial charge in [-0.05, 0) is 38.9 Å². The SMILES string of the molecule is CCNC(=S)NCNC(C)(C)C(C)C. The van der Waals surface area contributed by atoms with Gasteiger partial charge in [0.05, 0.1) is 6.67 Å². The first-order valence-electron chi connectivity index (χ1n) is 5.17. The van der Waals surface area contributed by atoms with Crippen molar-refractivity contribution in [2.24, 2.45) is 5.92 Å². The lowest BCUT2D eigenvalue weighted by Gasteiger charge is -2.31. The summed E-state index contributed by atoms with van der Waals surface area (Å²) in [6.07, 6.45) is 0. The minimum absolute atomic E-state index is 0.134. The summed E-state index contributed by atoms with van der Waals surface area (Å²) in [5.41, 5.74) is 0.134. The Morgan fingerprint density at radius 2 is 1.86 bits per heavy atom. The number of nitrogens with one attached hydrogen (secondary N) is 3. The van der Waals surface area contributed by atoms with Crippen LogP contribution >= 0.6 is 12.2 Å². The summed E-state index contributed by atoms with van der Waals surface area (Å²) in [7, 11) is 0. The second kappa shape index (κ2) is 6.19. The standard InChI is InChI=1S/C10H23N3S/c1-6-11-9(14)12-7-13-10(4,5)8(2)3/h8,13H,6-7H2,1-5H3,(H2,11,12,14). The fraction of sp³-hybridized carbons (Fsp3) is 0.900. The number of hydrogen-bond acceptors (Lipinski definition) is 2. The van der Waals surface area contributed by atoms with Crippen LogP contribution in [0.25, 0.3) is 0 Å². The summed E-state index contributed by atoms with van der Waals surface area (Å²) in [4.78, 5) is 0. The van der Waals surface area contributed by atoms with Crippen molar-refractivity contribution in [1.29, 1.82) is 0 Å². The van der Waals surface area contributed by atoms with Gasteiger partial charge in [-0.3, -0.25) is 5.32 Å². The average molecular weight is 217 g/mol. The molecule has 0 unspecified atom stereocenters. The molecule has 0 heterocycles. The molecule has 0 aromatic carbocycles. The molecule has 0 saturated carbocycles. The zero-order valence-electron chi connectivity index (χ0n) is 9.90. The van der Waals surface area contributed by atoms with Gasteiger partial charge in [0, 0.05) is 12.1 Å². The molecule has 4 heteroatoms. The molecule has 0 fully saturated rings. The van der Waals surface area contributed by atoms with Gasteiger partial charge in [-0.1, -0.05) is 13.8 Å². The molecule has 0 spiro atoms. The zero-order valence-corrected chi connectivity index (χ0v) is 10.7. The lowest BCUT2D eigenvalue weighted by Crippen LogP contribution is -2.50. The summed E-state index contributed by atoms with van der Waals surface area (Å²) >= 11 is 5.04. The molecule has 3 nitrogen and oxygen atoms in total. The molecular weight excluding hydrogens is 194 g/mol. The number of thiocarbonyl (C=S) groups is 1. The van der Waals surface area contributed by atoms with Crippen LogP contribution in [0.1, 0.15) is 34.6 Å². The molecule has 0 radical (unpaired) electrons. The zero-order chi connectivity index (χ0) is 11.2. The second-order valence-electron chi connectivity index (χ2n) is 4.27. The minimum Gasteiger partial charge on any atom is -0.363 e. The van der Waals surface area contributed by atoms with Crippen LogP contribution in [0, 0.1) is 5.92 Å². The van der Waals surface area contributed by atoms with Crippen LogP contribution in [0.2, 0.25) is 0 Å². The molecule has 3 N–H and O–H groups in total. The van der Waals surface area contributed by atoms with E-state index >= 15 is 0 Å². The summed E-state index contributed by atoms with van der Waals surface area (Å²) in [5, 5.41) is 10.3. The molecule has 0 rings (SSSR count). The first kappa shape index (κ1) is 13.7. The first-order valence-corrected chi connectivity index (χ1v) is 5.57. The van der Waals surface area contributed by atoms with Crippen LogP contribution < -0.4 is 16.0 Å². The van der Waals surface area contributed by atoms with E-state index in [2.05, 4.69) is 43.6 Å². The highest BCUT2D eigenvalue weighted by Crippen LogP contribution is 2.13. The van der Waals surface area contributed by atoms with Gasteiger partial charge in [0.25, 0.3) is 0 Å². The monoisotopic (exact) mass is 217 g/mol. The van der Waals surface area contributed by atoms with Crippen LogP contribution in [0.5, 0.6) is 0 Å². The van der Waals surface area contributed by atoms with E-state index in [9.17, 15) is 0 Å². The van der Waals surface area contributed by atoms with E-state index in [1.807, 2.05) is 6.92 Å². The van der Waals surface area contributed by atoms with Crippen molar-refractivity contribution in [1.82, 2.24) is 16.0 Å². The van der Waals surface area contributed by atoms with Gasteiger partial charge in [-0.2, -0.15) is 0 Å². The Bertz CT molecular complexity index is 178. The topological polar surface area (TPSA) is 36.1 Å². The highest BCUT2D eigenvalue weighted by Gasteiger charge is 2.20. The van der Waals surface area contributed by atoms with Gasteiger partial charge in [-0.25, -0.2) is 0 Å². The molecule has 0 aliphatic carbocycles. The quantitative estimate of drug-likeness (QED) is 0.481. The van der Waals surface area contributed by atoms with Gasteiger partial charge in [0.2, 0.25) is 0 Å². The lowest BCUT2D eigenvalue weighted by atomic mass is 9.91. The molecule has 0 aliphatic heterocycles. The van der Waals surface area contributed by atoms with E-state index in [-0.39, 0.29) is 5.54 Å². The smallest absolute Gasteiger partial charge is 0.167 e. The molecule has 84 valence electrons. The van der Waals surface area contributed by atoms with Gasteiger partial charge >= 0.3 is 0 Å². The van der Waals surface area contributed by atoms with Crippen LogP contribution in [-0.2, 0) is 0 Å². The van der Waals surface area contributed by atoms with Gasteiger partial charge in [-0.15, -0.1) is 0 Å². The van der Waals surface area contributed by atoms with Crippen LogP contribution in [0.3, 0.4) is 0 Å². The maximum atomic E-state index is 5.04. The maximum absolute atomic E-state index is 5.04. The van der Waals surface area contributed by atoms with Crippen molar-refractivity contribution in [3.05, 3.63) is 0 Å². The molecule has 0 aromatic rings.